The summed E-state index contributed by atoms with van der Waals surface area (Å²) in [7, 11) is 0. The average Bonchev–Trinajstić information content (AvgIpc) is 2.45. The zero-order valence-electron chi connectivity index (χ0n) is 13.2. The minimum absolute atomic E-state index is 0.165. The SMILES string of the molecule is Cc1cc(-[n+]2ccc3ccccc3c2)cc(C(C)(C)C)c1. The van der Waals surface area contributed by atoms with Crippen LogP contribution in [0.15, 0.2) is 60.9 Å². The molecule has 21 heavy (non-hydrogen) atoms. The van der Waals surface area contributed by atoms with E-state index in [4.69, 9.17) is 0 Å². The summed E-state index contributed by atoms with van der Waals surface area (Å²) in [5.41, 5.74) is 4.07. The first-order valence-electron chi connectivity index (χ1n) is 7.46. The van der Waals surface area contributed by atoms with Crippen LogP contribution in [0.25, 0.3) is 16.5 Å². The van der Waals surface area contributed by atoms with Gasteiger partial charge in [0.15, 0.2) is 12.4 Å². The first-order valence-corrected chi connectivity index (χ1v) is 7.46. The Hall–Kier alpha value is -2.15. The molecule has 1 heterocycles. The van der Waals surface area contributed by atoms with Crippen LogP contribution in [0.4, 0.5) is 0 Å². The fourth-order valence-electron chi connectivity index (χ4n) is 2.64. The van der Waals surface area contributed by atoms with Crippen molar-refractivity contribution < 1.29 is 4.57 Å². The van der Waals surface area contributed by atoms with E-state index in [-0.39, 0.29) is 5.41 Å². The number of hydrogen-bond donors (Lipinski definition) is 0. The van der Waals surface area contributed by atoms with Gasteiger partial charge in [0.1, 0.15) is 0 Å². The third kappa shape index (κ3) is 2.82. The van der Waals surface area contributed by atoms with E-state index in [0.29, 0.717) is 0 Å². The zero-order valence-corrected chi connectivity index (χ0v) is 13.2. The van der Waals surface area contributed by atoms with Gasteiger partial charge in [-0.15, -0.1) is 0 Å². The van der Waals surface area contributed by atoms with Gasteiger partial charge in [-0.1, -0.05) is 45.0 Å². The summed E-state index contributed by atoms with van der Waals surface area (Å²) in [6.07, 6.45) is 4.35. The molecule has 0 saturated heterocycles. The predicted octanol–water partition coefficient (Wildman–Crippen LogP) is 4.72. The highest BCUT2D eigenvalue weighted by Gasteiger charge is 2.17. The third-order valence-corrected chi connectivity index (χ3v) is 3.92. The van der Waals surface area contributed by atoms with Gasteiger partial charge in [-0.2, -0.15) is 4.57 Å². The number of nitrogens with zero attached hydrogens (tertiary/aromatic N) is 1. The molecule has 106 valence electrons. The number of aromatic nitrogens is 1. The summed E-state index contributed by atoms with van der Waals surface area (Å²) in [6, 6.07) is 17.5. The molecule has 2 aromatic carbocycles. The molecule has 1 heteroatoms. The molecule has 0 saturated carbocycles. The molecule has 0 atom stereocenters. The van der Waals surface area contributed by atoms with E-state index in [1.165, 1.54) is 27.6 Å². The quantitative estimate of drug-likeness (QED) is 0.566. The van der Waals surface area contributed by atoms with E-state index < -0.39 is 0 Å². The second kappa shape index (κ2) is 5.00. The molecule has 1 aromatic heterocycles. The van der Waals surface area contributed by atoms with Gasteiger partial charge in [0.05, 0.1) is 0 Å². The van der Waals surface area contributed by atoms with Crippen molar-refractivity contribution in [1.82, 2.24) is 0 Å². The Balaban J connectivity index is 2.16. The van der Waals surface area contributed by atoms with Gasteiger partial charge in [-0.3, -0.25) is 0 Å². The Labute approximate surface area is 126 Å². The van der Waals surface area contributed by atoms with Gasteiger partial charge in [0.2, 0.25) is 5.69 Å². The third-order valence-electron chi connectivity index (χ3n) is 3.92. The summed E-state index contributed by atoms with van der Waals surface area (Å²) in [5, 5.41) is 2.54. The van der Waals surface area contributed by atoms with Crippen molar-refractivity contribution >= 4 is 10.8 Å². The first-order chi connectivity index (χ1) is 9.93. The Bertz CT molecular complexity index is 794. The fraction of sp³-hybridized carbons (Fsp3) is 0.250. The van der Waals surface area contributed by atoms with Crippen molar-refractivity contribution in [3.63, 3.8) is 0 Å². The highest BCUT2D eigenvalue weighted by molar-refractivity contribution is 5.80. The molecule has 1 nitrogen and oxygen atoms in total. The maximum atomic E-state index is 2.29. The molecule has 0 bridgehead atoms. The van der Waals surface area contributed by atoms with Gasteiger partial charge >= 0.3 is 0 Å². The van der Waals surface area contributed by atoms with Crippen LogP contribution < -0.4 is 4.57 Å². The highest BCUT2D eigenvalue weighted by Crippen LogP contribution is 2.24. The fourth-order valence-corrected chi connectivity index (χ4v) is 2.64. The van der Waals surface area contributed by atoms with Crippen LogP contribution in [0.2, 0.25) is 0 Å². The summed E-state index contributed by atoms with van der Waals surface area (Å²) >= 11 is 0. The molecule has 0 N–H and O–H groups in total. The van der Waals surface area contributed by atoms with E-state index in [2.05, 4.69) is 93.2 Å². The molecule has 0 amide bonds. The minimum atomic E-state index is 0.165. The van der Waals surface area contributed by atoms with Gasteiger partial charge in [0, 0.05) is 23.6 Å². The number of fused-ring (bicyclic) bond motifs is 1. The molecule has 0 aliphatic rings. The summed E-state index contributed by atoms with van der Waals surface area (Å²) in [6.45, 7) is 8.95. The van der Waals surface area contributed by atoms with Crippen LogP contribution in [0.1, 0.15) is 31.9 Å². The van der Waals surface area contributed by atoms with E-state index in [1.54, 1.807) is 0 Å². The van der Waals surface area contributed by atoms with Crippen LogP contribution in [0, 0.1) is 6.92 Å². The van der Waals surface area contributed by atoms with Crippen molar-refractivity contribution in [1.29, 1.82) is 0 Å². The van der Waals surface area contributed by atoms with Crippen molar-refractivity contribution in [3.05, 3.63) is 72.1 Å². The number of benzene rings is 2. The zero-order chi connectivity index (χ0) is 15.0. The molecule has 0 aliphatic heterocycles. The lowest BCUT2D eigenvalue weighted by Crippen LogP contribution is -2.30. The number of aryl methyl sites for hydroxylation is 1. The lowest BCUT2D eigenvalue weighted by Gasteiger charge is -2.19. The number of rotatable bonds is 1. The lowest BCUT2D eigenvalue weighted by molar-refractivity contribution is -0.594. The molecule has 3 rings (SSSR count). The van der Waals surface area contributed by atoms with Crippen molar-refractivity contribution in [2.75, 3.05) is 0 Å². The molecule has 0 aliphatic carbocycles. The van der Waals surface area contributed by atoms with Gasteiger partial charge in [-0.05, 0) is 34.9 Å². The van der Waals surface area contributed by atoms with Crippen LogP contribution in [-0.4, -0.2) is 0 Å². The summed E-state index contributed by atoms with van der Waals surface area (Å²) < 4.78 is 2.21. The maximum absolute atomic E-state index is 2.29. The molecule has 3 aromatic rings. The second-order valence-electron chi connectivity index (χ2n) is 6.79. The highest BCUT2D eigenvalue weighted by atomic mass is 14.9. The van der Waals surface area contributed by atoms with Gasteiger partial charge in [0.25, 0.3) is 0 Å². The van der Waals surface area contributed by atoms with E-state index in [0.717, 1.165) is 0 Å². The van der Waals surface area contributed by atoms with Crippen LogP contribution in [0.3, 0.4) is 0 Å². The largest absolute Gasteiger partial charge is 0.211 e. The van der Waals surface area contributed by atoms with Crippen molar-refractivity contribution in [3.8, 4) is 5.69 Å². The topological polar surface area (TPSA) is 3.88 Å². The summed E-state index contributed by atoms with van der Waals surface area (Å²) in [5.74, 6) is 0. The number of hydrogen-bond acceptors (Lipinski definition) is 0. The molecular weight excluding hydrogens is 254 g/mol. The predicted molar refractivity (Wildman–Crippen MR) is 88.9 cm³/mol. The van der Waals surface area contributed by atoms with Crippen molar-refractivity contribution in [2.24, 2.45) is 0 Å². The Morgan fingerprint density at radius 2 is 1.57 bits per heavy atom. The Morgan fingerprint density at radius 3 is 2.29 bits per heavy atom. The first kappa shape index (κ1) is 13.8. The maximum Gasteiger partial charge on any atom is 0.211 e. The second-order valence-corrected chi connectivity index (χ2v) is 6.79. The Morgan fingerprint density at radius 1 is 0.857 bits per heavy atom. The standard InChI is InChI=1S/C20H22N/c1-15-11-18(20(2,3)4)13-19(12-15)21-10-9-16-7-5-6-8-17(16)14-21/h5-14H,1-4H3/q+1. The van der Waals surface area contributed by atoms with Crippen LogP contribution in [0.5, 0.6) is 0 Å². The van der Waals surface area contributed by atoms with Crippen LogP contribution >= 0.6 is 0 Å². The molecular formula is C20H22N+. The van der Waals surface area contributed by atoms with E-state index >= 15 is 0 Å². The molecule has 0 unspecified atom stereocenters. The average molecular weight is 276 g/mol. The van der Waals surface area contributed by atoms with Gasteiger partial charge < -0.3 is 0 Å². The molecule has 0 fully saturated rings. The Kier molecular flexibility index (Phi) is 3.29. The number of pyridine rings is 1. The normalized spacial score (nSPS) is 11.8. The van der Waals surface area contributed by atoms with Gasteiger partial charge in [-0.25, -0.2) is 0 Å². The van der Waals surface area contributed by atoms with E-state index in [9.17, 15) is 0 Å². The van der Waals surface area contributed by atoms with Crippen LogP contribution in [-0.2, 0) is 5.41 Å². The smallest absolute Gasteiger partial charge is 0.167 e. The minimum Gasteiger partial charge on any atom is -0.167 e. The molecule has 0 spiro atoms. The summed E-state index contributed by atoms with van der Waals surface area (Å²) in [4.78, 5) is 0. The molecule has 0 radical (unpaired) electrons. The van der Waals surface area contributed by atoms with Crippen molar-refractivity contribution in [2.45, 2.75) is 33.1 Å². The monoisotopic (exact) mass is 276 g/mol. The lowest BCUT2D eigenvalue weighted by atomic mass is 9.86. The van der Waals surface area contributed by atoms with E-state index in [1.807, 2.05) is 0 Å².